The van der Waals surface area contributed by atoms with E-state index in [4.69, 9.17) is 5.11 Å². The van der Waals surface area contributed by atoms with Gasteiger partial charge in [-0.2, -0.15) is 0 Å². The zero-order chi connectivity index (χ0) is 6.78. The lowest BCUT2D eigenvalue weighted by molar-refractivity contribution is -0.871. The first-order valence-electron chi connectivity index (χ1n) is 2.54. The van der Waals surface area contributed by atoms with Crippen molar-refractivity contribution in [2.75, 3.05) is 27.7 Å². The van der Waals surface area contributed by atoms with Gasteiger partial charge in [-0.25, -0.2) is 0 Å². The second-order valence-corrected chi connectivity index (χ2v) is 3.96. The Morgan fingerprint density at radius 2 is 1.78 bits per heavy atom. The van der Waals surface area contributed by atoms with E-state index in [1.165, 1.54) is 0 Å². The van der Waals surface area contributed by atoms with Crippen molar-refractivity contribution < 1.29 is 22.0 Å². The quantitative estimate of drug-likeness (QED) is 0.399. The lowest BCUT2D eigenvalue weighted by Gasteiger charge is -2.24. The third-order valence-electron chi connectivity index (χ3n) is 0.698. The smallest absolute Gasteiger partial charge is 0.157 e. The van der Waals surface area contributed by atoms with Gasteiger partial charge >= 0.3 is 0 Å². The van der Waals surface area contributed by atoms with Gasteiger partial charge in [0.1, 0.15) is 6.54 Å². The maximum atomic E-state index is 8.79. The molecular weight excluding hydrogens is 205 g/mol. The molecule has 1 N–H and O–H groups in total. The van der Waals surface area contributed by atoms with Crippen LogP contribution in [0.3, 0.4) is 0 Å². The molecule has 58 valence electrons. The lowest BCUT2D eigenvalue weighted by Crippen LogP contribution is -3.00. The van der Waals surface area contributed by atoms with Gasteiger partial charge in [0.15, 0.2) is 5.01 Å². The normalized spacial score (nSPS) is 14.3. The molecule has 0 spiro atoms. The molecule has 9 heavy (non-hydrogen) atoms. The minimum absolute atomic E-state index is 0. The van der Waals surface area contributed by atoms with Crippen LogP contribution >= 0.6 is 15.9 Å². The Kier molecular flexibility index (Phi) is 6.18. The topological polar surface area (TPSA) is 20.2 Å². The molecule has 0 fully saturated rings. The van der Waals surface area contributed by atoms with Crippen molar-refractivity contribution in [2.24, 2.45) is 0 Å². The number of quaternary nitrogens is 1. The van der Waals surface area contributed by atoms with Crippen molar-refractivity contribution in [1.29, 1.82) is 0 Å². The predicted molar refractivity (Wildman–Crippen MR) is 37.8 cm³/mol. The highest BCUT2D eigenvalue weighted by atomic mass is 79.9. The number of alkyl halides is 1. The van der Waals surface area contributed by atoms with Gasteiger partial charge in [0.2, 0.25) is 0 Å². The summed E-state index contributed by atoms with van der Waals surface area (Å²) >= 11 is 3.05. The fourth-order valence-electron chi connectivity index (χ4n) is 0.452. The van der Waals surface area contributed by atoms with Crippen LogP contribution in [0.1, 0.15) is 0 Å². The van der Waals surface area contributed by atoms with Crippen molar-refractivity contribution in [1.82, 2.24) is 0 Å². The molecule has 0 bridgehead atoms. The third-order valence-corrected chi connectivity index (χ3v) is 0.988. The summed E-state index contributed by atoms with van der Waals surface area (Å²) in [5.41, 5.74) is 0. The lowest BCUT2D eigenvalue weighted by atomic mass is 10.5. The number of aliphatic hydroxyl groups is 1. The highest BCUT2D eigenvalue weighted by Crippen LogP contribution is 1.99. The predicted octanol–water partition coefficient (Wildman–Crippen LogP) is -2.59. The standard InChI is InChI=1S/C5H13BrNO.ClH/c1-7(2,3)4-5(6)8;/h5,8H,4H2,1-3H3;1H/q+1;/p-1. The van der Waals surface area contributed by atoms with E-state index in [-0.39, 0.29) is 17.4 Å². The average Bonchev–Trinajstić information content (AvgIpc) is 1.21. The third kappa shape index (κ3) is 12.0. The Labute approximate surface area is 71.0 Å². The second-order valence-electron chi connectivity index (χ2n) is 2.91. The summed E-state index contributed by atoms with van der Waals surface area (Å²) in [6, 6.07) is 0. The van der Waals surface area contributed by atoms with Crippen molar-refractivity contribution >= 4 is 15.9 Å². The van der Waals surface area contributed by atoms with Crippen LogP contribution in [0.25, 0.3) is 0 Å². The zero-order valence-corrected chi connectivity index (χ0v) is 8.28. The van der Waals surface area contributed by atoms with E-state index in [1.807, 2.05) is 21.1 Å². The molecule has 1 atom stereocenters. The fraction of sp³-hybridized carbons (Fsp3) is 1.00. The van der Waals surface area contributed by atoms with Crippen LogP contribution < -0.4 is 12.4 Å². The number of likely N-dealkylation sites (N-methyl/N-ethyl adjacent to an activating group) is 1. The summed E-state index contributed by atoms with van der Waals surface area (Å²) in [4.78, 5) is 0. The van der Waals surface area contributed by atoms with Crippen LogP contribution in [0.4, 0.5) is 0 Å². The molecule has 0 aromatic heterocycles. The molecular formula is C5H13BrClNO. The van der Waals surface area contributed by atoms with E-state index in [9.17, 15) is 0 Å². The molecule has 0 aromatic carbocycles. The molecule has 0 amide bonds. The maximum absolute atomic E-state index is 8.79. The van der Waals surface area contributed by atoms with Gasteiger partial charge in [-0.3, -0.25) is 0 Å². The zero-order valence-electron chi connectivity index (χ0n) is 5.93. The van der Waals surface area contributed by atoms with Gasteiger partial charge < -0.3 is 22.0 Å². The molecule has 0 saturated carbocycles. The highest BCUT2D eigenvalue weighted by Gasteiger charge is 2.10. The Hall–Kier alpha value is 0.690. The maximum Gasteiger partial charge on any atom is 0.157 e. The number of halogens is 2. The summed E-state index contributed by atoms with van der Waals surface area (Å²) in [5, 5.41) is 8.42. The average molecular weight is 219 g/mol. The minimum Gasteiger partial charge on any atom is -1.00 e. The van der Waals surface area contributed by atoms with Crippen molar-refractivity contribution in [3.8, 4) is 0 Å². The summed E-state index contributed by atoms with van der Waals surface area (Å²) in [6.45, 7) is 0.736. The minimum atomic E-state index is -0.373. The molecule has 1 unspecified atom stereocenters. The van der Waals surface area contributed by atoms with Gasteiger partial charge in [-0.05, 0) is 0 Å². The van der Waals surface area contributed by atoms with Gasteiger partial charge in [0.25, 0.3) is 0 Å². The van der Waals surface area contributed by atoms with Crippen LogP contribution in [0, 0.1) is 0 Å². The first kappa shape index (κ1) is 12.4. The van der Waals surface area contributed by atoms with Gasteiger partial charge in [-0.15, -0.1) is 0 Å². The Bertz CT molecular complexity index is 71.8. The molecule has 0 rings (SSSR count). The largest absolute Gasteiger partial charge is 1.00 e. The summed E-state index contributed by atoms with van der Waals surface area (Å²) in [6.07, 6.45) is 0. The molecule has 0 aliphatic heterocycles. The van der Waals surface area contributed by atoms with E-state index in [0.717, 1.165) is 11.0 Å². The van der Waals surface area contributed by atoms with E-state index in [2.05, 4.69) is 15.9 Å². The fourth-order valence-corrected chi connectivity index (χ4v) is 1.32. The van der Waals surface area contributed by atoms with Crippen LogP contribution in [0.5, 0.6) is 0 Å². The van der Waals surface area contributed by atoms with E-state index >= 15 is 0 Å². The molecule has 0 radical (unpaired) electrons. The summed E-state index contributed by atoms with van der Waals surface area (Å²) in [5.74, 6) is 0. The van der Waals surface area contributed by atoms with Gasteiger partial charge in [0.05, 0.1) is 21.1 Å². The summed E-state index contributed by atoms with van der Waals surface area (Å²) in [7, 11) is 6.10. The van der Waals surface area contributed by atoms with Crippen molar-refractivity contribution in [3.63, 3.8) is 0 Å². The number of nitrogens with zero attached hydrogens (tertiary/aromatic N) is 1. The molecule has 0 aliphatic rings. The molecule has 2 nitrogen and oxygen atoms in total. The molecule has 0 heterocycles. The number of rotatable bonds is 2. The molecule has 0 aliphatic carbocycles. The van der Waals surface area contributed by atoms with E-state index < -0.39 is 0 Å². The molecule has 0 aromatic rings. The number of aliphatic hydroxyl groups excluding tert-OH is 1. The highest BCUT2D eigenvalue weighted by molar-refractivity contribution is 9.09. The van der Waals surface area contributed by atoms with E-state index in [0.29, 0.717) is 0 Å². The van der Waals surface area contributed by atoms with E-state index in [1.54, 1.807) is 0 Å². The van der Waals surface area contributed by atoms with Gasteiger partial charge in [0, 0.05) is 0 Å². The Balaban J connectivity index is 0. The second kappa shape index (κ2) is 4.50. The van der Waals surface area contributed by atoms with Crippen LogP contribution in [0.15, 0.2) is 0 Å². The van der Waals surface area contributed by atoms with Crippen LogP contribution in [-0.4, -0.2) is 42.3 Å². The van der Waals surface area contributed by atoms with Crippen molar-refractivity contribution in [2.45, 2.75) is 5.01 Å². The first-order valence-corrected chi connectivity index (χ1v) is 3.46. The SMILES string of the molecule is C[N+](C)(C)CC(O)Br.[Cl-]. The number of hydrogen-bond acceptors (Lipinski definition) is 1. The van der Waals surface area contributed by atoms with Crippen LogP contribution in [0.2, 0.25) is 0 Å². The summed E-state index contributed by atoms with van der Waals surface area (Å²) < 4.78 is 0.784. The van der Waals surface area contributed by atoms with Crippen LogP contribution in [-0.2, 0) is 0 Å². The Morgan fingerprint density at radius 3 is 1.78 bits per heavy atom. The Morgan fingerprint density at radius 1 is 1.44 bits per heavy atom. The first-order chi connectivity index (χ1) is 3.42. The monoisotopic (exact) mass is 217 g/mol. The van der Waals surface area contributed by atoms with Crippen molar-refractivity contribution in [3.05, 3.63) is 0 Å². The molecule has 4 heteroatoms. The van der Waals surface area contributed by atoms with Gasteiger partial charge in [-0.1, -0.05) is 15.9 Å². The molecule has 0 saturated heterocycles. The number of hydrogen-bond donors (Lipinski definition) is 1.